The van der Waals surface area contributed by atoms with Gasteiger partial charge in [0.25, 0.3) is 0 Å². The maximum Gasteiger partial charge on any atom is 0.219 e. The number of nitrogens with two attached hydrogens (primary N) is 1. The standard InChI is InChI=1S/C20H19FN4O.HI/c1-14-5-8-17(9-6-14)25-20(22)24-13-15-7-10-19(23-12-15)26-18-4-2-3-16(21)11-18;/h2-12H,13H2,1H3,(H3,22,24,25);1H. The number of aromatic nitrogens is 1. The van der Waals surface area contributed by atoms with E-state index in [0.29, 0.717) is 24.1 Å². The van der Waals surface area contributed by atoms with Gasteiger partial charge in [-0.1, -0.05) is 29.8 Å². The lowest BCUT2D eigenvalue weighted by molar-refractivity contribution is 0.457. The number of nitrogens with one attached hydrogen (secondary N) is 1. The number of aliphatic imine (C=N–C) groups is 1. The van der Waals surface area contributed by atoms with Gasteiger partial charge in [0.05, 0.1) is 6.54 Å². The van der Waals surface area contributed by atoms with Crippen molar-refractivity contribution in [3.8, 4) is 11.6 Å². The van der Waals surface area contributed by atoms with Gasteiger partial charge in [0.15, 0.2) is 5.96 Å². The Balaban J connectivity index is 0.00000261. The highest BCUT2D eigenvalue weighted by Crippen LogP contribution is 2.20. The molecular formula is C20H20FIN4O. The molecule has 0 bridgehead atoms. The maximum absolute atomic E-state index is 13.2. The molecule has 3 rings (SSSR count). The topological polar surface area (TPSA) is 72.5 Å². The van der Waals surface area contributed by atoms with Crippen molar-refractivity contribution in [2.24, 2.45) is 10.7 Å². The van der Waals surface area contributed by atoms with Crippen molar-refractivity contribution in [3.05, 3.63) is 83.8 Å². The molecule has 0 spiro atoms. The smallest absolute Gasteiger partial charge is 0.219 e. The molecule has 27 heavy (non-hydrogen) atoms. The summed E-state index contributed by atoms with van der Waals surface area (Å²) >= 11 is 0. The zero-order chi connectivity index (χ0) is 18.4. The number of pyridine rings is 1. The molecule has 0 fully saturated rings. The molecule has 1 aromatic heterocycles. The van der Waals surface area contributed by atoms with Crippen molar-refractivity contribution in [2.75, 3.05) is 5.32 Å². The van der Waals surface area contributed by atoms with E-state index in [0.717, 1.165) is 11.3 Å². The number of nitrogens with zero attached hydrogens (tertiary/aromatic N) is 2. The summed E-state index contributed by atoms with van der Waals surface area (Å²) in [4.78, 5) is 8.49. The molecule has 0 atom stereocenters. The summed E-state index contributed by atoms with van der Waals surface area (Å²) in [5.41, 5.74) is 8.84. The molecule has 3 aromatic rings. The molecule has 5 nitrogen and oxygen atoms in total. The van der Waals surface area contributed by atoms with Gasteiger partial charge >= 0.3 is 0 Å². The molecule has 0 saturated heterocycles. The lowest BCUT2D eigenvalue weighted by atomic mass is 10.2. The van der Waals surface area contributed by atoms with E-state index >= 15 is 0 Å². The minimum absolute atomic E-state index is 0. The van der Waals surface area contributed by atoms with Crippen LogP contribution in [0, 0.1) is 12.7 Å². The number of anilines is 1. The molecule has 0 aliphatic rings. The molecule has 7 heteroatoms. The third-order valence-electron chi connectivity index (χ3n) is 3.57. The lowest BCUT2D eigenvalue weighted by Gasteiger charge is -2.07. The third-order valence-corrected chi connectivity index (χ3v) is 3.57. The zero-order valence-corrected chi connectivity index (χ0v) is 17.1. The average Bonchev–Trinajstić information content (AvgIpc) is 2.63. The first-order valence-corrected chi connectivity index (χ1v) is 8.10. The second kappa shape index (κ2) is 9.86. The van der Waals surface area contributed by atoms with Crippen LogP contribution in [-0.2, 0) is 6.54 Å². The number of benzene rings is 2. The Morgan fingerprint density at radius 1 is 1.15 bits per heavy atom. The average molecular weight is 478 g/mol. The molecule has 1 heterocycles. The number of hydrogen-bond acceptors (Lipinski definition) is 3. The van der Waals surface area contributed by atoms with E-state index < -0.39 is 0 Å². The van der Waals surface area contributed by atoms with Crippen LogP contribution in [0.2, 0.25) is 0 Å². The molecule has 0 radical (unpaired) electrons. The van der Waals surface area contributed by atoms with E-state index in [1.165, 1.54) is 17.7 Å². The SMILES string of the molecule is Cc1ccc(NC(N)=NCc2ccc(Oc3cccc(F)c3)nc2)cc1.I. The van der Waals surface area contributed by atoms with Crippen LogP contribution >= 0.6 is 24.0 Å². The van der Waals surface area contributed by atoms with Crippen molar-refractivity contribution < 1.29 is 9.13 Å². The predicted molar refractivity (Wildman–Crippen MR) is 116 cm³/mol. The van der Waals surface area contributed by atoms with Gasteiger partial charge in [0.2, 0.25) is 5.88 Å². The Morgan fingerprint density at radius 3 is 2.59 bits per heavy atom. The van der Waals surface area contributed by atoms with E-state index in [4.69, 9.17) is 10.5 Å². The highest BCUT2D eigenvalue weighted by atomic mass is 127. The van der Waals surface area contributed by atoms with Crippen molar-refractivity contribution in [1.82, 2.24) is 4.98 Å². The second-order valence-corrected chi connectivity index (χ2v) is 5.76. The van der Waals surface area contributed by atoms with Gasteiger partial charge in [0.1, 0.15) is 11.6 Å². The number of aryl methyl sites for hydroxylation is 1. The summed E-state index contributed by atoms with van der Waals surface area (Å²) in [6.45, 7) is 2.41. The summed E-state index contributed by atoms with van der Waals surface area (Å²) in [5, 5.41) is 3.04. The van der Waals surface area contributed by atoms with Crippen molar-refractivity contribution in [3.63, 3.8) is 0 Å². The Labute approximate surface area is 174 Å². The largest absolute Gasteiger partial charge is 0.439 e. The van der Waals surface area contributed by atoms with Crippen molar-refractivity contribution >= 4 is 35.6 Å². The summed E-state index contributed by atoms with van der Waals surface area (Å²) in [5.74, 6) is 0.753. The van der Waals surface area contributed by atoms with Crippen LogP contribution in [0.1, 0.15) is 11.1 Å². The number of guanidine groups is 1. The fourth-order valence-electron chi connectivity index (χ4n) is 2.22. The number of halogens is 2. The Kier molecular flexibility index (Phi) is 7.54. The molecule has 0 saturated carbocycles. The maximum atomic E-state index is 13.2. The van der Waals surface area contributed by atoms with Crippen molar-refractivity contribution in [2.45, 2.75) is 13.5 Å². The van der Waals surface area contributed by atoms with Crippen LogP contribution < -0.4 is 15.8 Å². The first-order chi connectivity index (χ1) is 12.6. The second-order valence-electron chi connectivity index (χ2n) is 5.76. The van der Waals surface area contributed by atoms with Gasteiger partial charge in [-0.25, -0.2) is 14.4 Å². The van der Waals surface area contributed by atoms with Gasteiger partial charge < -0.3 is 15.8 Å². The van der Waals surface area contributed by atoms with E-state index in [1.807, 2.05) is 37.3 Å². The summed E-state index contributed by atoms with van der Waals surface area (Å²) in [6, 6.07) is 17.3. The van der Waals surface area contributed by atoms with Crippen LogP contribution in [-0.4, -0.2) is 10.9 Å². The van der Waals surface area contributed by atoms with E-state index in [1.54, 1.807) is 24.4 Å². The van der Waals surface area contributed by atoms with Gasteiger partial charge in [0, 0.05) is 24.0 Å². The minimum Gasteiger partial charge on any atom is -0.439 e. The minimum atomic E-state index is -0.356. The molecule has 0 unspecified atom stereocenters. The Bertz CT molecular complexity index is 899. The monoisotopic (exact) mass is 478 g/mol. The molecule has 140 valence electrons. The third kappa shape index (κ3) is 6.52. The number of hydrogen-bond donors (Lipinski definition) is 2. The highest BCUT2D eigenvalue weighted by Gasteiger charge is 2.01. The normalized spacial score (nSPS) is 10.8. The molecule has 3 N–H and O–H groups in total. The predicted octanol–water partition coefficient (Wildman–Crippen LogP) is 4.87. The van der Waals surface area contributed by atoms with Gasteiger partial charge in [-0.15, -0.1) is 24.0 Å². The van der Waals surface area contributed by atoms with Crippen LogP contribution in [0.3, 0.4) is 0 Å². The molecule has 0 amide bonds. The first-order valence-electron chi connectivity index (χ1n) is 8.10. The fraction of sp³-hybridized carbons (Fsp3) is 0.100. The summed E-state index contributed by atoms with van der Waals surface area (Å²) < 4.78 is 18.7. The van der Waals surface area contributed by atoms with Crippen LogP contribution in [0.15, 0.2) is 71.9 Å². The Morgan fingerprint density at radius 2 is 1.93 bits per heavy atom. The Hall–Kier alpha value is -2.68. The quantitative estimate of drug-likeness (QED) is 0.312. The van der Waals surface area contributed by atoms with Crippen LogP contribution in [0.25, 0.3) is 0 Å². The van der Waals surface area contributed by atoms with Crippen LogP contribution in [0.5, 0.6) is 11.6 Å². The van der Waals surface area contributed by atoms with E-state index in [9.17, 15) is 4.39 Å². The van der Waals surface area contributed by atoms with E-state index in [-0.39, 0.29) is 29.8 Å². The molecular weight excluding hydrogens is 458 g/mol. The number of rotatable bonds is 5. The summed E-state index contributed by atoms with van der Waals surface area (Å²) in [6.07, 6.45) is 1.65. The highest BCUT2D eigenvalue weighted by molar-refractivity contribution is 14.0. The fourth-order valence-corrected chi connectivity index (χ4v) is 2.22. The molecule has 2 aromatic carbocycles. The molecule has 0 aliphatic carbocycles. The van der Waals surface area contributed by atoms with Gasteiger partial charge in [-0.2, -0.15) is 0 Å². The molecule has 0 aliphatic heterocycles. The zero-order valence-electron chi connectivity index (χ0n) is 14.7. The van der Waals surface area contributed by atoms with Crippen molar-refractivity contribution in [1.29, 1.82) is 0 Å². The summed E-state index contributed by atoms with van der Waals surface area (Å²) in [7, 11) is 0. The number of ether oxygens (including phenoxy) is 1. The van der Waals surface area contributed by atoms with E-state index in [2.05, 4.69) is 15.3 Å². The lowest BCUT2D eigenvalue weighted by Crippen LogP contribution is -2.22. The first kappa shape index (κ1) is 20.6. The van der Waals surface area contributed by atoms with Gasteiger partial charge in [-0.05, 0) is 36.8 Å². The van der Waals surface area contributed by atoms with Gasteiger partial charge in [-0.3, -0.25) is 0 Å². The van der Waals surface area contributed by atoms with Crippen LogP contribution in [0.4, 0.5) is 10.1 Å².